The zero-order chi connectivity index (χ0) is 19.9. The van der Waals surface area contributed by atoms with Crippen molar-refractivity contribution >= 4 is 11.8 Å². The summed E-state index contributed by atoms with van der Waals surface area (Å²) in [7, 11) is 3.28. The van der Waals surface area contributed by atoms with Gasteiger partial charge in [-0.1, -0.05) is 18.2 Å². The first kappa shape index (κ1) is 20.6. The van der Waals surface area contributed by atoms with E-state index in [9.17, 15) is 9.59 Å². The molecular weight excluding hydrogens is 358 g/mol. The van der Waals surface area contributed by atoms with E-state index in [1.807, 2.05) is 34.1 Å². The molecule has 2 heterocycles. The van der Waals surface area contributed by atoms with E-state index in [0.717, 1.165) is 50.3 Å². The van der Waals surface area contributed by atoms with Gasteiger partial charge in [-0.2, -0.15) is 0 Å². The highest BCUT2D eigenvalue weighted by Crippen LogP contribution is 2.21. The van der Waals surface area contributed by atoms with Crippen LogP contribution in [-0.2, 0) is 20.7 Å². The smallest absolute Gasteiger partial charge is 0.240 e. The van der Waals surface area contributed by atoms with Crippen molar-refractivity contribution in [2.75, 3.05) is 60.1 Å². The van der Waals surface area contributed by atoms with Crippen LogP contribution in [0.3, 0.4) is 0 Å². The fraction of sp³-hybridized carbons (Fsp3) is 0.619. The molecule has 2 aliphatic heterocycles. The van der Waals surface area contributed by atoms with Crippen molar-refractivity contribution in [2.45, 2.75) is 25.3 Å². The third-order valence-corrected chi connectivity index (χ3v) is 5.69. The average Bonchev–Trinajstić information content (AvgIpc) is 2.92. The standard InChI is InChI=1S/C21H31N3O4/c1-27-15-14-24-11-8-18(21(24)26)22-9-5-10-23(13-12-22)20(25)16-17-6-3-4-7-19(17)28-2/h3-4,6-7,18H,5,8-16H2,1-2H3. The lowest BCUT2D eigenvalue weighted by Gasteiger charge is -2.26. The molecule has 28 heavy (non-hydrogen) atoms. The molecule has 0 bridgehead atoms. The number of carbonyl (C=O) groups excluding carboxylic acids is 2. The molecule has 1 aromatic carbocycles. The van der Waals surface area contributed by atoms with Gasteiger partial charge >= 0.3 is 0 Å². The maximum atomic E-state index is 12.8. The Labute approximate surface area is 167 Å². The van der Waals surface area contributed by atoms with Crippen LogP contribution in [0.25, 0.3) is 0 Å². The summed E-state index contributed by atoms with van der Waals surface area (Å²) in [5, 5.41) is 0. The van der Waals surface area contributed by atoms with Crippen LogP contribution in [0.15, 0.2) is 24.3 Å². The average molecular weight is 389 g/mol. The van der Waals surface area contributed by atoms with Crippen LogP contribution in [0.1, 0.15) is 18.4 Å². The van der Waals surface area contributed by atoms with Crippen LogP contribution in [-0.4, -0.2) is 92.7 Å². The maximum absolute atomic E-state index is 12.8. The zero-order valence-electron chi connectivity index (χ0n) is 16.9. The first-order valence-electron chi connectivity index (χ1n) is 10.1. The Bertz CT molecular complexity index is 681. The van der Waals surface area contributed by atoms with Crippen LogP contribution < -0.4 is 4.74 Å². The second-order valence-electron chi connectivity index (χ2n) is 7.38. The fourth-order valence-electron chi connectivity index (χ4n) is 4.11. The molecule has 0 radical (unpaired) electrons. The molecule has 0 aliphatic carbocycles. The zero-order valence-corrected chi connectivity index (χ0v) is 16.9. The molecule has 1 unspecified atom stereocenters. The number of hydrogen-bond acceptors (Lipinski definition) is 5. The maximum Gasteiger partial charge on any atom is 0.240 e. The summed E-state index contributed by atoms with van der Waals surface area (Å²) in [6, 6.07) is 7.60. The first-order valence-corrected chi connectivity index (χ1v) is 10.1. The number of methoxy groups -OCH3 is 2. The summed E-state index contributed by atoms with van der Waals surface area (Å²) in [6.07, 6.45) is 2.09. The third-order valence-electron chi connectivity index (χ3n) is 5.69. The van der Waals surface area contributed by atoms with Crippen molar-refractivity contribution in [3.05, 3.63) is 29.8 Å². The van der Waals surface area contributed by atoms with Gasteiger partial charge in [0, 0.05) is 51.9 Å². The van der Waals surface area contributed by atoms with E-state index in [-0.39, 0.29) is 17.9 Å². The molecule has 2 saturated heterocycles. The molecule has 2 aliphatic rings. The number of rotatable bonds is 7. The van der Waals surface area contributed by atoms with E-state index >= 15 is 0 Å². The molecule has 3 rings (SSSR count). The highest BCUT2D eigenvalue weighted by molar-refractivity contribution is 5.84. The molecular formula is C21H31N3O4. The summed E-state index contributed by atoms with van der Waals surface area (Å²) in [6.45, 7) is 5.01. The Balaban J connectivity index is 1.55. The predicted molar refractivity (Wildman–Crippen MR) is 106 cm³/mol. The number of nitrogens with zero attached hydrogens (tertiary/aromatic N) is 3. The molecule has 0 spiro atoms. The van der Waals surface area contributed by atoms with Crippen LogP contribution in [0.2, 0.25) is 0 Å². The Kier molecular flexibility index (Phi) is 7.28. The number of ether oxygens (including phenoxy) is 2. The van der Waals surface area contributed by atoms with Crippen LogP contribution in [0.5, 0.6) is 5.75 Å². The molecule has 2 fully saturated rings. The minimum Gasteiger partial charge on any atom is -0.496 e. The normalized spacial score (nSPS) is 21.1. The van der Waals surface area contributed by atoms with Crippen LogP contribution in [0.4, 0.5) is 0 Å². The largest absolute Gasteiger partial charge is 0.496 e. The Morgan fingerprint density at radius 1 is 1.11 bits per heavy atom. The van der Waals surface area contributed by atoms with E-state index in [1.54, 1.807) is 14.2 Å². The lowest BCUT2D eigenvalue weighted by atomic mass is 10.1. The van der Waals surface area contributed by atoms with Gasteiger partial charge in [-0.3, -0.25) is 14.5 Å². The number of benzene rings is 1. The van der Waals surface area contributed by atoms with Crippen molar-refractivity contribution in [1.82, 2.24) is 14.7 Å². The van der Waals surface area contributed by atoms with E-state index in [4.69, 9.17) is 9.47 Å². The molecule has 2 amide bonds. The second-order valence-corrected chi connectivity index (χ2v) is 7.38. The quantitative estimate of drug-likeness (QED) is 0.697. The minimum absolute atomic E-state index is 0.0545. The van der Waals surface area contributed by atoms with Crippen LogP contribution in [0, 0.1) is 0 Å². The highest BCUT2D eigenvalue weighted by atomic mass is 16.5. The van der Waals surface area contributed by atoms with Crippen molar-refractivity contribution in [2.24, 2.45) is 0 Å². The Hall–Kier alpha value is -2.12. The van der Waals surface area contributed by atoms with E-state index in [1.165, 1.54) is 0 Å². The first-order chi connectivity index (χ1) is 13.6. The van der Waals surface area contributed by atoms with Crippen molar-refractivity contribution < 1.29 is 19.1 Å². The number of hydrogen-bond donors (Lipinski definition) is 0. The van der Waals surface area contributed by atoms with E-state index in [0.29, 0.717) is 26.1 Å². The molecule has 7 heteroatoms. The van der Waals surface area contributed by atoms with Gasteiger partial charge in [0.1, 0.15) is 5.75 Å². The summed E-state index contributed by atoms with van der Waals surface area (Å²) in [5.41, 5.74) is 0.913. The van der Waals surface area contributed by atoms with Gasteiger partial charge in [0.2, 0.25) is 11.8 Å². The molecule has 7 nitrogen and oxygen atoms in total. The number of amides is 2. The number of carbonyl (C=O) groups is 2. The van der Waals surface area contributed by atoms with Crippen molar-refractivity contribution in [1.29, 1.82) is 0 Å². The monoisotopic (exact) mass is 389 g/mol. The van der Waals surface area contributed by atoms with Gasteiger partial charge in [-0.25, -0.2) is 0 Å². The molecule has 1 atom stereocenters. The summed E-state index contributed by atoms with van der Waals surface area (Å²) < 4.78 is 10.5. The Morgan fingerprint density at radius 2 is 1.93 bits per heavy atom. The van der Waals surface area contributed by atoms with Crippen molar-refractivity contribution in [3.63, 3.8) is 0 Å². The summed E-state index contributed by atoms with van der Waals surface area (Å²) in [4.78, 5) is 31.6. The minimum atomic E-state index is -0.0545. The molecule has 0 aromatic heterocycles. The molecule has 1 aromatic rings. The lowest BCUT2D eigenvalue weighted by Crippen LogP contribution is -2.44. The lowest BCUT2D eigenvalue weighted by molar-refractivity contribution is -0.132. The van der Waals surface area contributed by atoms with Crippen LogP contribution >= 0.6 is 0 Å². The SMILES string of the molecule is COCCN1CCC(N2CCCN(C(=O)Cc3ccccc3OC)CC2)C1=O. The number of para-hydroxylation sites is 1. The topological polar surface area (TPSA) is 62.3 Å². The Morgan fingerprint density at radius 3 is 2.71 bits per heavy atom. The van der Waals surface area contributed by atoms with Gasteiger partial charge in [-0.05, 0) is 18.9 Å². The summed E-state index contributed by atoms with van der Waals surface area (Å²) >= 11 is 0. The molecule has 0 N–H and O–H groups in total. The molecule has 154 valence electrons. The van der Waals surface area contributed by atoms with E-state index in [2.05, 4.69) is 4.90 Å². The second kappa shape index (κ2) is 9.89. The van der Waals surface area contributed by atoms with Gasteiger partial charge in [0.25, 0.3) is 0 Å². The fourth-order valence-corrected chi connectivity index (χ4v) is 4.11. The van der Waals surface area contributed by atoms with Crippen molar-refractivity contribution in [3.8, 4) is 5.75 Å². The van der Waals surface area contributed by atoms with Gasteiger partial charge < -0.3 is 19.3 Å². The highest BCUT2D eigenvalue weighted by Gasteiger charge is 2.36. The number of likely N-dealkylation sites (tertiary alicyclic amines) is 1. The predicted octanol–water partition coefficient (Wildman–Crippen LogP) is 1.02. The van der Waals surface area contributed by atoms with Gasteiger partial charge in [0.15, 0.2) is 0 Å². The van der Waals surface area contributed by atoms with Gasteiger partial charge in [-0.15, -0.1) is 0 Å². The third kappa shape index (κ3) is 4.83. The van der Waals surface area contributed by atoms with E-state index < -0.39 is 0 Å². The van der Waals surface area contributed by atoms with Gasteiger partial charge in [0.05, 0.1) is 26.2 Å². The summed E-state index contributed by atoms with van der Waals surface area (Å²) in [5.74, 6) is 1.07. The molecule has 0 saturated carbocycles.